The van der Waals surface area contributed by atoms with Crippen LogP contribution in [0.15, 0.2) is 46.9 Å². The van der Waals surface area contributed by atoms with Crippen molar-refractivity contribution in [3.63, 3.8) is 0 Å². The van der Waals surface area contributed by atoms with Crippen LogP contribution >= 0.6 is 50.7 Å². The zero-order valence-electron chi connectivity index (χ0n) is 11.1. The normalized spacial score (nSPS) is 10.2. The van der Waals surface area contributed by atoms with Crippen molar-refractivity contribution in [2.24, 2.45) is 5.73 Å². The Bertz CT molecular complexity index is 721. The summed E-state index contributed by atoms with van der Waals surface area (Å²) in [4.78, 5) is 14.5. The number of rotatable bonds is 3. The molecule has 0 spiro atoms. The fourth-order valence-electron chi connectivity index (χ4n) is 1.93. The number of anilines is 1. The summed E-state index contributed by atoms with van der Waals surface area (Å²) in [7, 11) is 1.72. The van der Waals surface area contributed by atoms with E-state index >= 15 is 0 Å². The van der Waals surface area contributed by atoms with Crippen molar-refractivity contribution in [2.75, 3.05) is 11.9 Å². The summed E-state index contributed by atoms with van der Waals surface area (Å²) < 4.78 is 1.75. The van der Waals surface area contributed by atoms with Crippen molar-refractivity contribution in [3.8, 4) is 0 Å². The van der Waals surface area contributed by atoms with Crippen LogP contribution in [0.25, 0.3) is 0 Å². The highest BCUT2D eigenvalue weighted by molar-refractivity contribution is 14.1. The first-order chi connectivity index (χ1) is 9.91. The molecule has 3 nitrogen and oxygen atoms in total. The van der Waals surface area contributed by atoms with Gasteiger partial charge < -0.3 is 10.6 Å². The highest BCUT2D eigenvalue weighted by Crippen LogP contribution is 2.24. The summed E-state index contributed by atoms with van der Waals surface area (Å²) in [5.41, 5.74) is 7.75. The number of carbonyl (C=O) groups is 1. The number of thiocarbonyl (C=S) groups is 1. The van der Waals surface area contributed by atoms with E-state index in [0.29, 0.717) is 16.8 Å². The van der Waals surface area contributed by atoms with Crippen molar-refractivity contribution < 1.29 is 4.79 Å². The second kappa shape index (κ2) is 6.85. The fourth-order valence-corrected chi connectivity index (χ4v) is 3.03. The molecular weight excluding hydrogens is 463 g/mol. The molecule has 0 aliphatic carbocycles. The number of hydrogen-bond acceptors (Lipinski definition) is 2. The van der Waals surface area contributed by atoms with Crippen LogP contribution < -0.4 is 10.6 Å². The maximum Gasteiger partial charge on any atom is 0.259 e. The van der Waals surface area contributed by atoms with Crippen LogP contribution in [0, 0.1) is 3.57 Å². The Hall–Kier alpha value is -0.990. The molecule has 2 rings (SSSR count). The van der Waals surface area contributed by atoms with E-state index in [0.717, 1.165) is 8.04 Å². The van der Waals surface area contributed by atoms with Crippen molar-refractivity contribution in [1.82, 2.24) is 0 Å². The molecule has 2 aromatic rings. The van der Waals surface area contributed by atoms with Crippen LogP contribution in [0.4, 0.5) is 5.69 Å². The minimum absolute atomic E-state index is 0.107. The van der Waals surface area contributed by atoms with Crippen LogP contribution in [-0.4, -0.2) is 17.9 Å². The lowest BCUT2D eigenvalue weighted by Gasteiger charge is -2.21. The quantitative estimate of drug-likeness (QED) is 0.541. The number of halogens is 2. The van der Waals surface area contributed by atoms with Gasteiger partial charge >= 0.3 is 0 Å². The minimum Gasteiger partial charge on any atom is -0.389 e. The van der Waals surface area contributed by atoms with Crippen LogP contribution in [0.5, 0.6) is 0 Å². The third kappa shape index (κ3) is 3.61. The summed E-state index contributed by atoms with van der Waals surface area (Å²) in [6.07, 6.45) is 0. The Kier molecular flexibility index (Phi) is 5.34. The maximum absolute atomic E-state index is 12.7. The van der Waals surface area contributed by atoms with E-state index in [2.05, 4.69) is 38.5 Å². The SMILES string of the molecule is CN(C(=O)c1cc(Br)ccc1I)c1ccccc1C(N)=S. The van der Waals surface area contributed by atoms with E-state index in [1.165, 1.54) is 0 Å². The van der Waals surface area contributed by atoms with Crippen LogP contribution in [0.2, 0.25) is 0 Å². The number of amides is 1. The van der Waals surface area contributed by atoms with E-state index < -0.39 is 0 Å². The van der Waals surface area contributed by atoms with E-state index in [-0.39, 0.29) is 10.9 Å². The molecule has 0 aliphatic heterocycles. The molecule has 0 heterocycles. The number of nitrogens with zero attached hydrogens (tertiary/aromatic N) is 1. The molecule has 0 saturated heterocycles. The Morgan fingerprint density at radius 3 is 2.57 bits per heavy atom. The van der Waals surface area contributed by atoms with E-state index in [9.17, 15) is 4.79 Å². The van der Waals surface area contributed by atoms with Gasteiger partial charge in [0.05, 0.1) is 11.3 Å². The zero-order valence-corrected chi connectivity index (χ0v) is 15.7. The summed E-state index contributed by atoms with van der Waals surface area (Å²) in [6, 6.07) is 13.0. The topological polar surface area (TPSA) is 46.3 Å². The third-order valence-electron chi connectivity index (χ3n) is 2.99. The van der Waals surface area contributed by atoms with Gasteiger partial charge in [-0.3, -0.25) is 4.79 Å². The highest BCUT2D eigenvalue weighted by atomic mass is 127. The molecule has 0 radical (unpaired) electrons. The standard InChI is InChI=1S/C15H12BrIN2OS/c1-19(13-5-3-2-4-10(13)14(18)21)15(20)11-8-9(16)6-7-12(11)17/h2-8H,1H3,(H2,18,21). The van der Waals surface area contributed by atoms with Gasteiger partial charge in [-0.2, -0.15) is 0 Å². The van der Waals surface area contributed by atoms with Gasteiger partial charge in [-0.15, -0.1) is 0 Å². The molecule has 2 aromatic carbocycles. The van der Waals surface area contributed by atoms with Gasteiger partial charge in [0.2, 0.25) is 0 Å². The van der Waals surface area contributed by atoms with Gasteiger partial charge in [0.15, 0.2) is 0 Å². The minimum atomic E-state index is -0.107. The number of hydrogen-bond donors (Lipinski definition) is 1. The third-order valence-corrected chi connectivity index (χ3v) is 4.65. The average Bonchev–Trinajstić information content (AvgIpc) is 2.48. The summed E-state index contributed by atoms with van der Waals surface area (Å²) in [5, 5.41) is 0. The van der Waals surface area contributed by atoms with Gasteiger partial charge in [-0.05, 0) is 52.9 Å². The second-order valence-electron chi connectivity index (χ2n) is 4.37. The molecule has 21 heavy (non-hydrogen) atoms. The molecule has 0 atom stereocenters. The Balaban J connectivity index is 2.45. The molecule has 2 N–H and O–H groups in total. The van der Waals surface area contributed by atoms with Crippen molar-refractivity contribution in [1.29, 1.82) is 0 Å². The van der Waals surface area contributed by atoms with E-state index in [1.807, 2.05) is 42.5 Å². The van der Waals surface area contributed by atoms with Crippen molar-refractivity contribution in [3.05, 3.63) is 61.6 Å². The number of para-hydroxylation sites is 1. The molecule has 0 aromatic heterocycles. The van der Waals surface area contributed by atoms with Gasteiger partial charge in [0.1, 0.15) is 4.99 Å². The number of carbonyl (C=O) groups excluding carboxylic acids is 1. The first-order valence-corrected chi connectivity index (χ1v) is 8.31. The molecule has 1 amide bonds. The van der Waals surface area contributed by atoms with Gasteiger partial charge in [-0.25, -0.2) is 0 Å². The molecule has 0 aliphatic rings. The number of benzene rings is 2. The van der Waals surface area contributed by atoms with Crippen molar-refractivity contribution >= 4 is 67.3 Å². The van der Waals surface area contributed by atoms with E-state index in [1.54, 1.807) is 11.9 Å². The summed E-state index contributed by atoms with van der Waals surface area (Å²) in [5.74, 6) is -0.107. The number of nitrogens with two attached hydrogens (primary N) is 1. The predicted molar refractivity (Wildman–Crippen MR) is 102 cm³/mol. The monoisotopic (exact) mass is 474 g/mol. The van der Waals surface area contributed by atoms with Crippen molar-refractivity contribution in [2.45, 2.75) is 0 Å². The molecular formula is C15H12BrIN2OS. The first kappa shape index (κ1) is 16.4. The van der Waals surface area contributed by atoms with E-state index in [4.69, 9.17) is 18.0 Å². The smallest absolute Gasteiger partial charge is 0.259 e. The zero-order chi connectivity index (χ0) is 15.6. The lowest BCUT2D eigenvalue weighted by molar-refractivity contribution is 0.0992. The largest absolute Gasteiger partial charge is 0.389 e. The molecule has 0 fully saturated rings. The average molecular weight is 475 g/mol. The lowest BCUT2D eigenvalue weighted by atomic mass is 10.1. The first-order valence-electron chi connectivity index (χ1n) is 6.03. The van der Waals surface area contributed by atoms with Gasteiger partial charge in [-0.1, -0.05) is 40.3 Å². The van der Waals surface area contributed by atoms with Gasteiger partial charge in [0, 0.05) is 20.7 Å². The molecule has 0 unspecified atom stereocenters. The summed E-state index contributed by atoms with van der Waals surface area (Å²) in [6.45, 7) is 0. The highest BCUT2D eigenvalue weighted by Gasteiger charge is 2.19. The second-order valence-corrected chi connectivity index (χ2v) is 6.89. The predicted octanol–water partition coefficient (Wildman–Crippen LogP) is 3.96. The molecule has 6 heteroatoms. The lowest BCUT2D eigenvalue weighted by Crippen LogP contribution is -2.29. The van der Waals surface area contributed by atoms with Crippen LogP contribution in [0.3, 0.4) is 0 Å². The van der Waals surface area contributed by atoms with Crippen LogP contribution in [0.1, 0.15) is 15.9 Å². The Morgan fingerprint density at radius 2 is 1.90 bits per heavy atom. The van der Waals surface area contributed by atoms with Crippen LogP contribution in [-0.2, 0) is 0 Å². The maximum atomic E-state index is 12.7. The fraction of sp³-hybridized carbons (Fsp3) is 0.0667. The molecule has 0 saturated carbocycles. The molecule has 108 valence electrons. The Morgan fingerprint density at radius 1 is 1.24 bits per heavy atom. The molecule has 0 bridgehead atoms. The Labute approximate surface area is 150 Å². The van der Waals surface area contributed by atoms with Gasteiger partial charge in [0.25, 0.3) is 5.91 Å². The summed E-state index contributed by atoms with van der Waals surface area (Å²) >= 11 is 10.6.